The Balaban J connectivity index is 2.37. The van der Waals surface area contributed by atoms with Gasteiger partial charge in [0.05, 0.1) is 19.3 Å². The zero-order valence-corrected chi connectivity index (χ0v) is 7.69. The van der Waals surface area contributed by atoms with Crippen molar-refractivity contribution < 1.29 is 19.2 Å². The first-order valence-electron chi connectivity index (χ1n) is 4.23. The van der Waals surface area contributed by atoms with Crippen LogP contribution in [0.1, 0.15) is 15.9 Å². The molecule has 4 nitrogen and oxygen atoms in total. The SMILES string of the molecule is COC(=O)c1ccc2c(c1)COB2O. The molecule has 0 saturated heterocycles. The van der Waals surface area contributed by atoms with Gasteiger partial charge in [-0.2, -0.15) is 0 Å². The van der Waals surface area contributed by atoms with Crippen LogP contribution in [0.3, 0.4) is 0 Å². The predicted octanol–water partition coefficient (Wildman–Crippen LogP) is -0.309. The Morgan fingerprint density at radius 1 is 1.64 bits per heavy atom. The number of benzene rings is 1. The Bertz CT molecular complexity index is 377. The lowest BCUT2D eigenvalue weighted by atomic mass is 9.79. The van der Waals surface area contributed by atoms with E-state index >= 15 is 0 Å². The number of ether oxygens (including phenoxy) is 1. The van der Waals surface area contributed by atoms with E-state index in [1.807, 2.05) is 0 Å². The molecule has 5 heteroatoms. The highest BCUT2D eigenvalue weighted by Crippen LogP contribution is 2.12. The van der Waals surface area contributed by atoms with Crippen LogP contribution in [0.5, 0.6) is 0 Å². The predicted molar refractivity (Wildman–Crippen MR) is 50.2 cm³/mol. The minimum atomic E-state index is -0.864. The molecule has 0 radical (unpaired) electrons. The Hall–Kier alpha value is -1.33. The summed E-state index contributed by atoms with van der Waals surface area (Å²) >= 11 is 0. The molecule has 0 spiro atoms. The first-order valence-corrected chi connectivity index (χ1v) is 4.23. The molecule has 0 bridgehead atoms. The maximum Gasteiger partial charge on any atom is 0.491 e. The maximum atomic E-state index is 11.2. The normalized spacial score (nSPS) is 14.0. The second-order valence-corrected chi connectivity index (χ2v) is 3.07. The lowest BCUT2D eigenvalue weighted by Crippen LogP contribution is -2.28. The van der Waals surface area contributed by atoms with E-state index in [0.29, 0.717) is 12.2 Å². The molecule has 0 amide bonds. The summed E-state index contributed by atoms with van der Waals surface area (Å²) in [4.78, 5) is 11.2. The highest BCUT2D eigenvalue weighted by Gasteiger charge is 2.27. The quantitative estimate of drug-likeness (QED) is 0.489. The summed E-state index contributed by atoms with van der Waals surface area (Å²) in [5.41, 5.74) is 2.03. The zero-order chi connectivity index (χ0) is 10.1. The summed E-state index contributed by atoms with van der Waals surface area (Å²) in [6.07, 6.45) is 0. The Kier molecular flexibility index (Phi) is 2.27. The van der Waals surface area contributed by atoms with Crippen LogP contribution in [0.4, 0.5) is 0 Å². The van der Waals surface area contributed by atoms with Gasteiger partial charge in [0, 0.05) is 0 Å². The fourth-order valence-corrected chi connectivity index (χ4v) is 1.47. The molecule has 0 saturated carbocycles. The van der Waals surface area contributed by atoms with Crippen molar-refractivity contribution in [1.82, 2.24) is 0 Å². The molecule has 14 heavy (non-hydrogen) atoms. The number of carbonyl (C=O) groups excluding carboxylic acids is 1. The van der Waals surface area contributed by atoms with E-state index in [4.69, 9.17) is 4.65 Å². The third-order valence-corrected chi connectivity index (χ3v) is 2.23. The topological polar surface area (TPSA) is 55.8 Å². The molecule has 1 heterocycles. The number of hydrogen-bond donors (Lipinski definition) is 1. The van der Waals surface area contributed by atoms with Crippen LogP contribution in [0.2, 0.25) is 0 Å². The highest BCUT2D eigenvalue weighted by molar-refractivity contribution is 6.61. The van der Waals surface area contributed by atoms with E-state index in [9.17, 15) is 9.82 Å². The molecule has 0 unspecified atom stereocenters. The van der Waals surface area contributed by atoms with Gasteiger partial charge in [-0.1, -0.05) is 6.07 Å². The van der Waals surface area contributed by atoms with Crippen LogP contribution in [-0.2, 0) is 16.0 Å². The second-order valence-electron chi connectivity index (χ2n) is 3.07. The van der Waals surface area contributed by atoms with Gasteiger partial charge in [0.2, 0.25) is 0 Å². The first-order chi connectivity index (χ1) is 6.72. The van der Waals surface area contributed by atoms with Gasteiger partial charge in [0.25, 0.3) is 0 Å². The molecule has 0 atom stereocenters. The molecule has 72 valence electrons. The van der Waals surface area contributed by atoms with Crippen LogP contribution in [-0.4, -0.2) is 25.2 Å². The number of esters is 1. The zero-order valence-electron chi connectivity index (χ0n) is 7.69. The Morgan fingerprint density at radius 2 is 2.43 bits per heavy atom. The molecule has 2 rings (SSSR count). The summed E-state index contributed by atoms with van der Waals surface area (Å²) in [7, 11) is 0.470. The average molecular weight is 192 g/mol. The summed E-state index contributed by atoms with van der Waals surface area (Å²) in [6.45, 7) is 0.335. The van der Waals surface area contributed by atoms with E-state index < -0.39 is 7.12 Å². The lowest BCUT2D eigenvalue weighted by Gasteiger charge is -2.01. The Labute approximate surface area is 81.6 Å². The maximum absolute atomic E-state index is 11.2. The van der Waals surface area contributed by atoms with E-state index in [1.54, 1.807) is 18.2 Å². The van der Waals surface area contributed by atoms with Crippen LogP contribution in [0.25, 0.3) is 0 Å². The molecule has 0 aromatic heterocycles. The van der Waals surface area contributed by atoms with Crippen molar-refractivity contribution >= 4 is 18.6 Å². The summed E-state index contributed by atoms with van der Waals surface area (Å²) in [5.74, 6) is -0.380. The standard InChI is InChI=1S/C9H9BO4/c1-13-9(11)6-2-3-8-7(4-6)5-14-10(8)12/h2-4,12H,5H2,1H3. The molecular formula is C9H9BO4. The molecule has 1 aliphatic rings. The van der Waals surface area contributed by atoms with E-state index in [2.05, 4.69) is 4.74 Å². The number of rotatable bonds is 1. The minimum absolute atomic E-state index is 0.335. The number of carbonyl (C=O) groups is 1. The molecular weight excluding hydrogens is 183 g/mol. The Morgan fingerprint density at radius 3 is 3.14 bits per heavy atom. The van der Waals surface area contributed by atoms with Crippen molar-refractivity contribution in [3.63, 3.8) is 0 Å². The van der Waals surface area contributed by atoms with Gasteiger partial charge in [-0.25, -0.2) is 4.79 Å². The third kappa shape index (κ3) is 1.40. The van der Waals surface area contributed by atoms with Crippen molar-refractivity contribution in [3.05, 3.63) is 29.3 Å². The van der Waals surface area contributed by atoms with E-state index in [0.717, 1.165) is 11.0 Å². The van der Waals surface area contributed by atoms with Gasteiger partial charge in [-0.3, -0.25) is 0 Å². The van der Waals surface area contributed by atoms with Gasteiger partial charge in [-0.05, 0) is 23.2 Å². The molecule has 1 N–H and O–H groups in total. The fourth-order valence-electron chi connectivity index (χ4n) is 1.47. The van der Waals surface area contributed by atoms with E-state index in [1.165, 1.54) is 7.11 Å². The van der Waals surface area contributed by atoms with Gasteiger partial charge < -0.3 is 14.4 Å². The first kappa shape index (κ1) is 9.24. The van der Waals surface area contributed by atoms with Gasteiger partial charge in [0.1, 0.15) is 0 Å². The van der Waals surface area contributed by atoms with Crippen molar-refractivity contribution in [2.24, 2.45) is 0 Å². The minimum Gasteiger partial charge on any atom is -0.465 e. The van der Waals surface area contributed by atoms with E-state index in [-0.39, 0.29) is 5.97 Å². The number of fused-ring (bicyclic) bond motifs is 1. The molecule has 1 aromatic rings. The summed E-state index contributed by atoms with van der Waals surface area (Å²) < 4.78 is 9.58. The molecule has 1 aliphatic heterocycles. The van der Waals surface area contributed by atoms with Crippen LogP contribution >= 0.6 is 0 Å². The highest BCUT2D eigenvalue weighted by atomic mass is 16.5. The fraction of sp³-hybridized carbons (Fsp3) is 0.222. The smallest absolute Gasteiger partial charge is 0.465 e. The molecule has 0 aliphatic carbocycles. The van der Waals surface area contributed by atoms with Crippen LogP contribution < -0.4 is 5.46 Å². The summed E-state index contributed by atoms with van der Waals surface area (Å²) in [6, 6.07) is 4.97. The van der Waals surface area contributed by atoms with Crippen molar-refractivity contribution in [2.45, 2.75) is 6.61 Å². The van der Waals surface area contributed by atoms with Crippen LogP contribution in [0.15, 0.2) is 18.2 Å². The van der Waals surface area contributed by atoms with Crippen LogP contribution in [0, 0.1) is 0 Å². The molecule has 1 aromatic carbocycles. The largest absolute Gasteiger partial charge is 0.491 e. The van der Waals surface area contributed by atoms with Crippen molar-refractivity contribution in [1.29, 1.82) is 0 Å². The molecule has 0 fully saturated rings. The van der Waals surface area contributed by atoms with Gasteiger partial charge in [-0.15, -0.1) is 0 Å². The second kappa shape index (κ2) is 3.44. The average Bonchev–Trinajstić information content (AvgIpc) is 2.59. The monoisotopic (exact) mass is 192 g/mol. The summed E-state index contributed by atoms with van der Waals surface area (Å²) in [5, 5.41) is 9.33. The van der Waals surface area contributed by atoms with Crippen molar-refractivity contribution in [2.75, 3.05) is 7.11 Å². The lowest BCUT2D eigenvalue weighted by molar-refractivity contribution is 0.0600. The third-order valence-electron chi connectivity index (χ3n) is 2.23. The number of hydrogen-bond acceptors (Lipinski definition) is 4. The van der Waals surface area contributed by atoms with Gasteiger partial charge in [0.15, 0.2) is 0 Å². The number of methoxy groups -OCH3 is 1. The van der Waals surface area contributed by atoms with Gasteiger partial charge >= 0.3 is 13.1 Å². The van der Waals surface area contributed by atoms with Crippen molar-refractivity contribution in [3.8, 4) is 0 Å².